The second-order valence-electron chi connectivity index (χ2n) is 14.3. The SMILES string of the molecule is c1ccc2c(-c3c4ccccc4c(-c4ccc(-c5ccc6c(ccc7c6oc6ccc8c9ccccc9oc8c67)c5)cc4)c4ccccc34)cccc2c1. The first-order chi connectivity index (χ1) is 26.8. The van der Waals surface area contributed by atoms with E-state index in [4.69, 9.17) is 8.83 Å². The molecule has 12 aromatic rings. The Morgan fingerprint density at radius 2 is 0.852 bits per heavy atom. The number of furan rings is 2. The van der Waals surface area contributed by atoms with E-state index < -0.39 is 0 Å². The van der Waals surface area contributed by atoms with Crippen LogP contribution in [0, 0.1) is 0 Å². The van der Waals surface area contributed by atoms with Crippen molar-refractivity contribution in [3.63, 3.8) is 0 Å². The molecular formula is C52H30O2. The first-order valence-corrected chi connectivity index (χ1v) is 18.5. The quantitative estimate of drug-likeness (QED) is 0.173. The fraction of sp³-hybridized carbons (Fsp3) is 0. The van der Waals surface area contributed by atoms with Gasteiger partial charge in [-0.15, -0.1) is 0 Å². The fourth-order valence-corrected chi connectivity index (χ4v) is 9.01. The predicted molar refractivity (Wildman–Crippen MR) is 227 cm³/mol. The van der Waals surface area contributed by atoms with Gasteiger partial charge >= 0.3 is 0 Å². The summed E-state index contributed by atoms with van der Waals surface area (Å²) in [6.45, 7) is 0. The van der Waals surface area contributed by atoms with Crippen molar-refractivity contribution in [1.82, 2.24) is 0 Å². The highest BCUT2D eigenvalue weighted by atomic mass is 16.3. The second-order valence-corrected chi connectivity index (χ2v) is 14.3. The van der Waals surface area contributed by atoms with Crippen molar-refractivity contribution in [2.45, 2.75) is 0 Å². The van der Waals surface area contributed by atoms with Gasteiger partial charge in [0.05, 0.1) is 5.39 Å². The van der Waals surface area contributed by atoms with Crippen molar-refractivity contribution in [3.8, 4) is 33.4 Å². The van der Waals surface area contributed by atoms with Crippen molar-refractivity contribution in [1.29, 1.82) is 0 Å². The molecule has 2 heterocycles. The lowest BCUT2D eigenvalue weighted by molar-refractivity contribution is 0.665. The molecule has 0 saturated carbocycles. The van der Waals surface area contributed by atoms with Gasteiger partial charge in [-0.25, -0.2) is 0 Å². The molecule has 0 N–H and O–H groups in total. The van der Waals surface area contributed by atoms with Gasteiger partial charge in [-0.1, -0.05) is 146 Å². The van der Waals surface area contributed by atoms with Crippen LogP contribution in [0.3, 0.4) is 0 Å². The highest BCUT2D eigenvalue weighted by Crippen LogP contribution is 2.46. The van der Waals surface area contributed by atoms with Gasteiger partial charge in [0, 0.05) is 21.5 Å². The molecule has 0 radical (unpaired) electrons. The molecule has 250 valence electrons. The van der Waals surface area contributed by atoms with Gasteiger partial charge in [0.2, 0.25) is 0 Å². The van der Waals surface area contributed by atoms with Gasteiger partial charge in [0.25, 0.3) is 0 Å². The van der Waals surface area contributed by atoms with E-state index >= 15 is 0 Å². The average Bonchev–Trinajstić information content (AvgIpc) is 3.81. The van der Waals surface area contributed by atoms with Gasteiger partial charge in [-0.05, 0) is 107 Å². The van der Waals surface area contributed by atoms with Gasteiger partial charge < -0.3 is 8.83 Å². The zero-order valence-electron chi connectivity index (χ0n) is 29.1. The zero-order chi connectivity index (χ0) is 35.3. The maximum Gasteiger partial charge on any atom is 0.147 e. The lowest BCUT2D eigenvalue weighted by atomic mass is 9.84. The van der Waals surface area contributed by atoms with E-state index in [-0.39, 0.29) is 0 Å². The lowest BCUT2D eigenvalue weighted by Crippen LogP contribution is -1.91. The van der Waals surface area contributed by atoms with Crippen LogP contribution in [-0.2, 0) is 0 Å². The van der Waals surface area contributed by atoms with Crippen LogP contribution in [0.25, 0.3) is 120 Å². The van der Waals surface area contributed by atoms with Crippen LogP contribution in [0.1, 0.15) is 0 Å². The van der Waals surface area contributed by atoms with Gasteiger partial charge in [0.15, 0.2) is 0 Å². The van der Waals surface area contributed by atoms with Crippen LogP contribution in [0.2, 0.25) is 0 Å². The molecule has 0 aliphatic heterocycles. The minimum atomic E-state index is 0.842. The number of para-hydroxylation sites is 1. The highest BCUT2D eigenvalue weighted by molar-refractivity contribution is 6.26. The Hall–Kier alpha value is -7.16. The van der Waals surface area contributed by atoms with E-state index in [2.05, 4.69) is 170 Å². The average molecular weight is 687 g/mol. The van der Waals surface area contributed by atoms with Crippen molar-refractivity contribution in [2.75, 3.05) is 0 Å². The smallest absolute Gasteiger partial charge is 0.147 e. The summed E-state index contributed by atoms with van der Waals surface area (Å²) < 4.78 is 12.9. The molecule has 10 aromatic carbocycles. The summed E-state index contributed by atoms with van der Waals surface area (Å²) in [5, 5.41) is 14.1. The third-order valence-corrected chi connectivity index (χ3v) is 11.5. The molecule has 0 spiro atoms. The molecule has 2 aromatic heterocycles. The van der Waals surface area contributed by atoms with Crippen molar-refractivity contribution in [3.05, 3.63) is 182 Å². The van der Waals surface area contributed by atoms with Crippen molar-refractivity contribution in [2.24, 2.45) is 0 Å². The van der Waals surface area contributed by atoms with Crippen LogP contribution in [-0.4, -0.2) is 0 Å². The molecule has 0 fully saturated rings. The number of benzene rings is 10. The fourth-order valence-electron chi connectivity index (χ4n) is 9.01. The summed E-state index contributed by atoms with van der Waals surface area (Å²) >= 11 is 0. The van der Waals surface area contributed by atoms with E-state index in [1.54, 1.807) is 0 Å². The van der Waals surface area contributed by atoms with Crippen molar-refractivity contribution >= 4 is 87.0 Å². The van der Waals surface area contributed by atoms with Crippen molar-refractivity contribution < 1.29 is 8.83 Å². The van der Waals surface area contributed by atoms with E-state index in [1.165, 1.54) is 65.7 Å². The molecule has 0 aliphatic rings. The van der Waals surface area contributed by atoms with E-state index in [0.717, 1.165) is 54.6 Å². The normalized spacial score (nSPS) is 12.1. The summed E-state index contributed by atoms with van der Waals surface area (Å²) in [5.41, 5.74) is 10.9. The molecule has 54 heavy (non-hydrogen) atoms. The number of rotatable bonds is 3. The van der Waals surface area contributed by atoms with Crippen LogP contribution < -0.4 is 0 Å². The Labute approximate surface area is 310 Å². The Balaban J connectivity index is 0.985. The number of hydrogen-bond donors (Lipinski definition) is 0. The van der Waals surface area contributed by atoms with Crippen LogP contribution >= 0.6 is 0 Å². The van der Waals surface area contributed by atoms with Crippen LogP contribution in [0.15, 0.2) is 191 Å². The highest BCUT2D eigenvalue weighted by Gasteiger charge is 2.19. The standard InChI is InChI=1S/C52H30O2/c1-2-12-36-32(10-1)11-9-18-39(36)49-42-16-5-3-14-40(42)48(41-15-4-6-17-43(41)49)33-22-20-31(21-23-33)34-24-26-37-35(30-34)25-27-45-50-47(54-51(37)45)29-28-44-38-13-7-8-19-46(38)53-52(44)50/h1-30H. The lowest BCUT2D eigenvalue weighted by Gasteiger charge is -2.19. The molecule has 12 rings (SSSR count). The number of fused-ring (bicyclic) bond motifs is 12. The Bertz CT molecular complexity index is 3430. The summed E-state index contributed by atoms with van der Waals surface area (Å²) in [6.07, 6.45) is 0. The maximum atomic E-state index is 6.55. The van der Waals surface area contributed by atoms with E-state index in [0.29, 0.717) is 0 Å². The predicted octanol–water partition coefficient (Wildman–Crippen LogP) is 15.1. The van der Waals surface area contributed by atoms with E-state index in [9.17, 15) is 0 Å². The minimum Gasteiger partial charge on any atom is -0.455 e. The molecule has 2 heteroatoms. The van der Waals surface area contributed by atoms with Crippen LogP contribution in [0.4, 0.5) is 0 Å². The summed E-state index contributed by atoms with van der Waals surface area (Å²) in [7, 11) is 0. The maximum absolute atomic E-state index is 6.55. The molecule has 0 amide bonds. The summed E-state index contributed by atoms with van der Waals surface area (Å²) in [6, 6.07) is 65.7. The minimum absolute atomic E-state index is 0.842. The van der Waals surface area contributed by atoms with Crippen LogP contribution in [0.5, 0.6) is 0 Å². The Morgan fingerprint density at radius 1 is 0.278 bits per heavy atom. The number of hydrogen-bond acceptors (Lipinski definition) is 2. The molecular weight excluding hydrogens is 657 g/mol. The van der Waals surface area contributed by atoms with E-state index in [1.807, 2.05) is 12.1 Å². The Morgan fingerprint density at radius 3 is 1.63 bits per heavy atom. The molecule has 0 atom stereocenters. The van der Waals surface area contributed by atoms with Gasteiger partial charge in [0.1, 0.15) is 22.3 Å². The summed E-state index contributed by atoms with van der Waals surface area (Å²) in [4.78, 5) is 0. The second kappa shape index (κ2) is 11.2. The topological polar surface area (TPSA) is 26.3 Å². The molecule has 0 unspecified atom stereocenters. The third-order valence-electron chi connectivity index (χ3n) is 11.5. The Kier molecular flexibility index (Phi) is 6.09. The largest absolute Gasteiger partial charge is 0.455 e. The molecule has 0 saturated heterocycles. The summed E-state index contributed by atoms with van der Waals surface area (Å²) in [5.74, 6) is 0. The first kappa shape index (κ1) is 29.4. The van der Waals surface area contributed by atoms with Gasteiger partial charge in [-0.2, -0.15) is 0 Å². The first-order valence-electron chi connectivity index (χ1n) is 18.5. The third kappa shape index (κ3) is 4.17. The van der Waals surface area contributed by atoms with Gasteiger partial charge in [-0.3, -0.25) is 0 Å². The molecule has 0 aliphatic carbocycles. The molecule has 0 bridgehead atoms. The molecule has 2 nitrogen and oxygen atoms in total. The monoisotopic (exact) mass is 686 g/mol. The zero-order valence-corrected chi connectivity index (χ0v) is 29.1.